The third kappa shape index (κ3) is 6.26. The van der Waals surface area contributed by atoms with Gasteiger partial charge in [0.2, 0.25) is 11.8 Å². The lowest BCUT2D eigenvalue weighted by molar-refractivity contribution is -0.188. The number of piperazine rings is 1. The van der Waals surface area contributed by atoms with Gasteiger partial charge in [-0.2, -0.15) is 0 Å². The van der Waals surface area contributed by atoms with Gasteiger partial charge in [0.15, 0.2) is 0 Å². The second-order valence-corrected chi connectivity index (χ2v) is 9.43. The van der Waals surface area contributed by atoms with Crippen LogP contribution in [0.3, 0.4) is 0 Å². The fraction of sp³-hybridized carbons (Fsp3) is 0.407. The number of rotatable bonds is 9. The average molecular weight is 508 g/mol. The smallest absolute Gasteiger partial charge is 0.334 e. The first-order chi connectivity index (χ1) is 17.8. The van der Waals surface area contributed by atoms with E-state index in [-0.39, 0.29) is 24.9 Å². The molecule has 0 saturated carbocycles. The second kappa shape index (κ2) is 11.9. The first-order valence-corrected chi connectivity index (χ1v) is 12.5. The molecule has 0 aliphatic carbocycles. The van der Waals surface area contributed by atoms with Gasteiger partial charge in [0.05, 0.1) is 19.5 Å². The summed E-state index contributed by atoms with van der Waals surface area (Å²) in [4.78, 5) is 54.2. The molecule has 4 amide bonds. The van der Waals surface area contributed by atoms with Gasteiger partial charge >= 0.3 is 12.0 Å². The normalized spacial score (nSPS) is 20.1. The number of amides is 4. The van der Waals surface area contributed by atoms with Gasteiger partial charge in [-0.1, -0.05) is 60.7 Å². The molecule has 196 valence electrons. The largest absolute Gasteiger partial charge is 0.481 e. The number of hydrogen-bond donors (Lipinski definition) is 2. The number of nitrogens with one attached hydrogen (secondary N) is 1. The molecule has 2 heterocycles. The van der Waals surface area contributed by atoms with E-state index in [1.165, 1.54) is 20.5 Å². The zero-order valence-electron chi connectivity index (χ0n) is 21.0. The molecule has 37 heavy (non-hydrogen) atoms. The molecule has 2 saturated heterocycles. The molecule has 0 bridgehead atoms. The molecular weight excluding hydrogens is 474 g/mol. The van der Waals surface area contributed by atoms with Crippen molar-refractivity contribution in [1.82, 2.24) is 25.1 Å². The van der Waals surface area contributed by atoms with E-state index in [2.05, 4.69) is 17.4 Å². The maximum atomic E-state index is 13.3. The third-order valence-electron chi connectivity index (χ3n) is 6.79. The second-order valence-electron chi connectivity index (χ2n) is 9.43. The van der Waals surface area contributed by atoms with Gasteiger partial charge in [0.1, 0.15) is 12.2 Å². The van der Waals surface area contributed by atoms with E-state index >= 15 is 0 Å². The van der Waals surface area contributed by atoms with Crippen LogP contribution in [-0.4, -0.2) is 87.6 Å². The molecule has 0 aromatic heterocycles. The van der Waals surface area contributed by atoms with Gasteiger partial charge in [-0.15, -0.1) is 0 Å². The number of fused-ring (bicyclic) bond motifs is 1. The van der Waals surface area contributed by atoms with E-state index < -0.39 is 30.6 Å². The van der Waals surface area contributed by atoms with Crippen LogP contribution in [0, 0.1) is 0 Å². The van der Waals surface area contributed by atoms with Crippen LogP contribution in [0.15, 0.2) is 60.7 Å². The molecule has 2 aliphatic heterocycles. The number of aliphatic carboxylic acids is 1. The Labute approximate surface area is 216 Å². The Kier molecular flexibility index (Phi) is 8.39. The summed E-state index contributed by atoms with van der Waals surface area (Å²) in [6.45, 7) is 0.708. The number of carbonyl (C=O) groups is 4. The minimum absolute atomic E-state index is 0.120. The van der Waals surface area contributed by atoms with Gasteiger partial charge in [0, 0.05) is 20.1 Å². The number of aryl methyl sites for hydroxylation is 1. The molecule has 0 spiro atoms. The van der Waals surface area contributed by atoms with Crippen LogP contribution in [0.2, 0.25) is 0 Å². The molecule has 2 atom stereocenters. The van der Waals surface area contributed by atoms with E-state index in [1.807, 2.05) is 48.5 Å². The van der Waals surface area contributed by atoms with Crippen LogP contribution in [0.5, 0.6) is 0 Å². The van der Waals surface area contributed by atoms with E-state index in [0.717, 1.165) is 24.8 Å². The predicted molar refractivity (Wildman–Crippen MR) is 136 cm³/mol. The van der Waals surface area contributed by atoms with Gasteiger partial charge in [0.25, 0.3) is 0 Å². The Bertz CT molecular complexity index is 1110. The lowest BCUT2D eigenvalue weighted by Gasteiger charge is -2.54. The van der Waals surface area contributed by atoms with Crippen molar-refractivity contribution >= 4 is 23.8 Å². The molecule has 2 fully saturated rings. The van der Waals surface area contributed by atoms with Crippen molar-refractivity contribution in [3.63, 3.8) is 0 Å². The standard InChI is InChI=1S/C27H33N5O5/c1-29-19-24(33)31-22(16-25(34)35)26(36)30(15-9-8-12-20-10-4-2-5-11-20)18-23(31)32(29)27(37)28-17-21-13-6-3-7-14-21/h2-7,10-11,13-14,22-23H,8-9,12,15-19H2,1H3,(H,28,37)(H,34,35)/t22-,23-/m0/s1. The fourth-order valence-corrected chi connectivity index (χ4v) is 5.00. The van der Waals surface area contributed by atoms with E-state index in [1.54, 1.807) is 11.9 Å². The molecule has 0 radical (unpaired) electrons. The minimum atomic E-state index is -1.17. The van der Waals surface area contributed by atoms with E-state index in [0.29, 0.717) is 13.1 Å². The molecule has 0 unspecified atom stereocenters. The number of unbranched alkanes of at least 4 members (excludes halogenated alkanes) is 1. The fourth-order valence-electron chi connectivity index (χ4n) is 5.00. The maximum Gasteiger partial charge on any atom is 0.334 e. The van der Waals surface area contributed by atoms with Crippen molar-refractivity contribution < 1.29 is 24.3 Å². The number of urea groups is 1. The Morgan fingerprint density at radius 2 is 1.62 bits per heavy atom. The van der Waals surface area contributed by atoms with Gasteiger partial charge in [-0.3, -0.25) is 14.4 Å². The van der Waals surface area contributed by atoms with E-state index in [4.69, 9.17) is 0 Å². The maximum absolute atomic E-state index is 13.3. The summed E-state index contributed by atoms with van der Waals surface area (Å²) in [6, 6.07) is 17.9. The van der Waals surface area contributed by atoms with Crippen LogP contribution in [0.4, 0.5) is 4.79 Å². The monoisotopic (exact) mass is 507 g/mol. The van der Waals surface area contributed by atoms with Crippen molar-refractivity contribution in [2.45, 2.75) is 44.4 Å². The van der Waals surface area contributed by atoms with Crippen LogP contribution in [-0.2, 0) is 27.3 Å². The SMILES string of the molecule is CN1CC(=O)N2[C@@H](CC(=O)O)C(=O)N(CCCCc3ccccc3)C[C@@H]2N1C(=O)NCc1ccccc1. The van der Waals surface area contributed by atoms with Gasteiger partial charge in [-0.05, 0) is 30.4 Å². The molecule has 2 N–H and O–H groups in total. The predicted octanol–water partition coefficient (Wildman–Crippen LogP) is 1.92. The topological polar surface area (TPSA) is 114 Å². The van der Waals surface area contributed by atoms with Crippen LogP contribution in [0.25, 0.3) is 0 Å². The number of benzene rings is 2. The summed E-state index contributed by atoms with van der Waals surface area (Å²) in [5.41, 5.74) is 2.13. The lowest BCUT2D eigenvalue weighted by Crippen LogP contribution is -2.76. The summed E-state index contributed by atoms with van der Waals surface area (Å²) < 4.78 is 0. The third-order valence-corrected chi connectivity index (χ3v) is 6.79. The van der Waals surface area contributed by atoms with Crippen LogP contribution < -0.4 is 5.32 Å². The van der Waals surface area contributed by atoms with Crippen molar-refractivity contribution in [2.75, 3.05) is 26.7 Å². The number of carboxylic acids is 1. The van der Waals surface area contributed by atoms with Gasteiger partial charge in [-0.25, -0.2) is 14.8 Å². The first-order valence-electron chi connectivity index (χ1n) is 12.5. The summed E-state index contributed by atoms with van der Waals surface area (Å²) in [6.07, 6.45) is 1.14. The summed E-state index contributed by atoms with van der Waals surface area (Å²) in [5.74, 6) is -1.93. The highest BCUT2D eigenvalue weighted by Gasteiger charge is 2.51. The van der Waals surface area contributed by atoms with Crippen LogP contribution >= 0.6 is 0 Å². The summed E-state index contributed by atoms with van der Waals surface area (Å²) in [5, 5.41) is 15.4. The Balaban J connectivity index is 1.49. The lowest BCUT2D eigenvalue weighted by atomic mass is 10.0. The molecule has 10 heteroatoms. The number of nitrogens with zero attached hydrogens (tertiary/aromatic N) is 4. The number of hydrazine groups is 1. The zero-order chi connectivity index (χ0) is 26.4. The van der Waals surface area contributed by atoms with Crippen molar-refractivity contribution in [3.05, 3.63) is 71.8 Å². The highest BCUT2D eigenvalue weighted by atomic mass is 16.4. The average Bonchev–Trinajstić information content (AvgIpc) is 2.88. The number of carboxylic acid groups (broad SMARTS) is 1. The summed E-state index contributed by atoms with van der Waals surface area (Å²) in [7, 11) is 1.64. The van der Waals surface area contributed by atoms with E-state index in [9.17, 15) is 24.3 Å². The zero-order valence-corrected chi connectivity index (χ0v) is 21.0. The van der Waals surface area contributed by atoms with Crippen molar-refractivity contribution in [1.29, 1.82) is 0 Å². The molecule has 2 aromatic carbocycles. The Morgan fingerprint density at radius 1 is 0.973 bits per heavy atom. The molecule has 2 aliphatic rings. The molecule has 2 aromatic rings. The minimum Gasteiger partial charge on any atom is -0.481 e. The van der Waals surface area contributed by atoms with Crippen LogP contribution in [0.1, 0.15) is 30.4 Å². The first kappa shape index (κ1) is 26.2. The Morgan fingerprint density at radius 3 is 2.27 bits per heavy atom. The quantitative estimate of drug-likeness (QED) is 0.502. The molecule has 4 rings (SSSR count). The highest BCUT2D eigenvalue weighted by molar-refractivity contribution is 5.93. The van der Waals surface area contributed by atoms with Crippen molar-refractivity contribution in [2.24, 2.45) is 0 Å². The summed E-state index contributed by atoms with van der Waals surface area (Å²) >= 11 is 0. The number of carbonyl (C=O) groups excluding carboxylic acids is 3. The van der Waals surface area contributed by atoms with Crippen molar-refractivity contribution in [3.8, 4) is 0 Å². The molecule has 10 nitrogen and oxygen atoms in total. The highest BCUT2D eigenvalue weighted by Crippen LogP contribution is 2.27. The molecular formula is C27H33N5O5. The number of likely N-dealkylation sites (N-methyl/N-ethyl adjacent to an activating group) is 1. The Hall–Kier alpha value is -3.92. The van der Waals surface area contributed by atoms with Gasteiger partial charge < -0.3 is 20.2 Å². The number of hydrogen-bond acceptors (Lipinski definition) is 5.